The molecule has 4 heteroatoms. The fourth-order valence-corrected chi connectivity index (χ4v) is 2.30. The molecule has 0 radical (unpaired) electrons. The third kappa shape index (κ3) is 1.53. The predicted octanol–water partition coefficient (Wildman–Crippen LogP) is 1.23. The van der Waals surface area contributed by atoms with E-state index in [1.807, 2.05) is 19.3 Å². The Morgan fingerprint density at radius 3 is 2.75 bits per heavy atom. The molecule has 1 N–H and O–H groups in total. The van der Waals surface area contributed by atoms with Crippen molar-refractivity contribution in [2.75, 3.05) is 13.7 Å². The van der Waals surface area contributed by atoms with Crippen molar-refractivity contribution >= 4 is 5.97 Å². The Hall–Kier alpha value is -1.29. The van der Waals surface area contributed by atoms with Crippen molar-refractivity contribution in [2.24, 2.45) is 7.05 Å². The molecule has 1 saturated carbocycles. The van der Waals surface area contributed by atoms with Crippen molar-refractivity contribution in [1.29, 1.82) is 0 Å². The number of nitrogens with zero attached hydrogens (tertiary/aromatic N) is 1. The topological polar surface area (TPSA) is 51.5 Å². The SMILES string of the molecule is COC(=O)c1cc(C2(CO)CCC2)cn1C. The third-order valence-electron chi connectivity index (χ3n) is 3.63. The fraction of sp³-hybridized carbons (Fsp3) is 0.583. The van der Waals surface area contributed by atoms with Gasteiger partial charge in [-0.3, -0.25) is 0 Å². The lowest BCUT2D eigenvalue weighted by Gasteiger charge is -2.39. The van der Waals surface area contributed by atoms with E-state index in [2.05, 4.69) is 0 Å². The molecule has 16 heavy (non-hydrogen) atoms. The van der Waals surface area contributed by atoms with E-state index in [0.29, 0.717) is 5.69 Å². The maximum atomic E-state index is 11.5. The van der Waals surface area contributed by atoms with Crippen LogP contribution in [0.3, 0.4) is 0 Å². The first-order chi connectivity index (χ1) is 7.63. The van der Waals surface area contributed by atoms with Gasteiger partial charge in [-0.2, -0.15) is 0 Å². The van der Waals surface area contributed by atoms with E-state index in [1.165, 1.54) is 7.11 Å². The number of carbonyl (C=O) groups is 1. The van der Waals surface area contributed by atoms with Gasteiger partial charge >= 0.3 is 5.97 Å². The van der Waals surface area contributed by atoms with E-state index < -0.39 is 0 Å². The first kappa shape index (κ1) is 11.2. The smallest absolute Gasteiger partial charge is 0.354 e. The van der Waals surface area contributed by atoms with Crippen LogP contribution in [0.1, 0.15) is 35.3 Å². The Labute approximate surface area is 94.8 Å². The van der Waals surface area contributed by atoms with Gasteiger partial charge in [0.15, 0.2) is 0 Å². The van der Waals surface area contributed by atoms with E-state index in [9.17, 15) is 9.90 Å². The van der Waals surface area contributed by atoms with Crippen LogP contribution in [0.5, 0.6) is 0 Å². The van der Waals surface area contributed by atoms with Gasteiger partial charge in [-0.1, -0.05) is 6.42 Å². The highest BCUT2D eigenvalue weighted by Crippen LogP contribution is 2.43. The number of aromatic nitrogens is 1. The highest BCUT2D eigenvalue weighted by molar-refractivity contribution is 5.88. The third-order valence-corrected chi connectivity index (χ3v) is 3.63. The predicted molar refractivity (Wildman–Crippen MR) is 59.4 cm³/mol. The van der Waals surface area contributed by atoms with Crippen molar-refractivity contribution < 1.29 is 14.6 Å². The molecule has 0 spiro atoms. The quantitative estimate of drug-likeness (QED) is 0.784. The second-order valence-electron chi connectivity index (χ2n) is 4.51. The van der Waals surface area contributed by atoms with E-state index in [4.69, 9.17) is 4.74 Å². The van der Waals surface area contributed by atoms with Crippen molar-refractivity contribution in [3.8, 4) is 0 Å². The summed E-state index contributed by atoms with van der Waals surface area (Å²) in [5, 5.41) is 9.46. The first-order valence-electron chi connectivity index (χ1n) is 5.49. The normalized spacial score (nSPS) is 17.9. The zero-order valence-corrected chi connectivity index (χ0v) is 9.69. The van der Waals surface area contributed by atoms with Crippen LogP contribution >= 0.6 is 0 Å². The van der Waals surface area contributed by atoms with Crippen LogP contribution in [-0.4, -0.2) is 29.4 Å². The van der Waals surface area contributed by atoms with Crippen molar-refractivity contribution in [1.82, 2.24) is 4.57 Å². The molecule has 0 aliphatic heterocycles. The molecular formula is C12H17NO3. The van der Waals surface area contributed by atoms with Crippen molar-refractivity contribution in [3.05, 3.63) is 23.5 Å². The number of esters is 1. The standard InChI is InChI=1S/C12H17NO3/c1-13-7-9(6-10(13)11(15)16-2)12(8-14)4-3-5-12/h6-7,14H,3-5,8H2,1-2H3. The zero-order chi connectivity index (χ0) is 11.8. The van der Waals surface area contributed by atoms with Crippen molar-refractivity contribution in [2.45, 2.75) is 24.7 Å². The van der Waals surface area contributed by atoms with Gasteiger partial charge in [-0.25, -0.2) is 4.79 Å². The minimum atomic E-state index is -0.332. The number of rotatable bonds is 3. The van der Waals surface area contributed by atoms with Crippen LogP contribution in [-0.2, 0) is 17.2 Å². The lowest BCUT2D eigenvalue weighted by atomic mass is 9.66. The molecular weight excluding hydrogens is 206 g/mol. The summed E-state index contributed by atoms with van der Waals surface area (Å²) >= 11 is 0. The molecule has 1 aromatic heterocycles. The van der Waals surface area contributed by atoms with Crippen molar-refractivity contribution in [3.63, 3.8) is 0 Å². The molecule has 0 unspecified atom stereocenters. The maximum Gasteiger partial charge on any atom is 0.354 e. The largest absolute Gasteiger partial charge is 0.464 e. The van der Waals surface area contributed by atoms with Gasteiger partial charge in [-0.05, 0) is 24.5 Å². The van der Waals surface area contributed by atoms with Crippen LogP contribution in [0.15, 0.2) is 12.3 Å². The molecule has 0 aromatic carbocycles. The highest BCUT2D eigenvalue weighted by Gasteiger charge is 2.39. The summed E-state index contributed by atoms with van der Waals surface area (Å²) in [6, 6.07) is 1.83. The number of aryl methyl sites for hydroxylation is 1. The van der Waals surface area contributed by atoms with Gasteiger partial charge in [0.2, 0.25) is 0 Å². The van der Waals surface area contributed by atoms with E-state index in [0.717, 1.165) is 24.8 Å². The van der Waals surface area contributed by atoms with Gasteiger partial charge in [-0.15, -0.1) is 0 Å². The van der Waals surface area contributed by atoms with Crippen LogP contribution in [0, 0.1) is 0 Å². The average Bonchev–Trinajstić information content (AvgIpc) is 2.59. The summed E-state index contributed by atoms with van der Waals surface area (Å²) in [6.45, 7) is 0.150. The number of hydrogen-bond acceptors (Lipinski definition) is 3. The maximum absolute atomic E-state index is 11.5. The molecule has 88 valence electrons. The number of methoxy groups -OCH3 is 1. The number of aliphatic hydroxyl groups excluding tert-OH is 1. The molecule has 1 fully saturated rings. The van der Waals surface area contributed by atoms with Gasteiger partial charge in [0.25, 0.3) is 0 Å². The molecule has 0 atom stereocenters. The van der Waals surface area contributed by atoms with Crippen LogP contribution in [0.4, 0.5) is 0 Å². The van der Waals surface area contributed by atoms with Gasteiger partial charge < -0.3 is 14.4 Å². The molecule has 1 aromatic rings. The molecule has 2 rings (SSSR count). The molecule has 1 aliphatic rings. The van der Waals surface area contributed by atoms with Crippen LogP contribution < -0.4 is 0 Å². The highest BCUT2D eigenvalue weighted by atomic mass is 16.5. The summed E-state index contributed by atoms with van der Waals surface area (Å²) in [4.78, 5) is 11.5. The van der Waals surface area contributed by atoms with Crippen LogP contribution in [0.2, 0.25) is 0 Å². The molecule has 1 aliphatic carbocycles. The summed E-state index contributed by atoms with van der Waals surface area (Å²) in [7, 11) is 3.19. The molecule has 4 nitrogen and oxygen atoms in total. The second-order valence-corrected chi connectivity index (χ2v) is 4.51. The lowest BCUT2D eigenvalue weighted by Crippen LogP contribution is -2.37. The molecule has 1 heterocycles. The van der Waals surface area contributed by atoms with Gasteiger partial charge in [0.05, 0.1) is 13.7 Å². The monoisotopic (exact) mass is 223 g/mol. The molecule has 0 bridgehead atoms. The zero-order valence-electron chi connectivity index (χ0n) is 9.69. The number of hydrogen-bond donors (Lipinski definition) is 1. The Morgan fingerprint density at radius 1 is 1.62 bits per heavy atom. The summed E-state index contributed by atoms with van der Waals surface area (Å²) < 4.78 is 6.47. The Kier molecular flexibility index (Phi) is 2.76. The molecule has 0 amide bonds. The summed E-state index contributed by atoms with van der Waals surface area (Å²) in [5.74, 6) is -0.332. The Morgan fingerprint density at radius 2 is 2.31 bits per heavy atom. The summed E-state index contributed by atoms with van der Waals surface area (Å²) in [6.07, 6.45) is 5.05. The van der Waals surface area contributed by atoms with Gasteiger partial charge in [0, 0.05) is 18.7 Å². The Bertz CT molecular complexity index is 399. The minimum absolute atomic E-state index is 0.121. The molecule has 0 saturated heterocycles. The van der Waals surface area contributed by atoms with Gasteiger partial charge in [0.1, 0.15) is 5.69 Å². The van der Waals surface area contributed by atoms with E-state index in [-0.39, 0.29) is 18.0 Å². The average molecular weight is 223 g/mol. The minimum Gasteiger partial charge on any atom is -0.464 e. The van der Waals surface area contributed by atoms with E-state index in [1.54, 1.807) is 4.57 Å². The number of ether oxygens (including phenoxy) is 1. The van der Waals surface area contributed by atoms with E-state index >= 15 is 0 Å². The summed E-state index contributed by atoms with van der Waals surface area (Å²) in [5.41, 5.74) is 1.46. The first-order valence-corrected chi connectivity index (χ1v) is 5.49. The lowest BCUT2D eigenvalue weighted by molar-refractivity contribution is 0.0589. The fourth-order valence-electron chi connectivity index (χ4n) is 2.30. The number of carbonyl (C=O) groups excluding carboxylic acids is 1. The second kappa shape index (κ2) is 3.94. The van der Waals surface area contributed by atoms with Crippen LogP contribution in [0.25, 0.3) is 0 Å². The number of aliphatic hydroxyl groups is 1. The Balaban J connectivity index is 2.33.